The van der Waals surface area contributed by atoms with Crippen LogP contribution >= 0.6 is 0 Å². The average molecular weight is 354 g/mol. The molecule has 1 unspecified atom stereocenters. The fourth-order valence-corrected chi connectivity index (χ4v) is 3.59. The van der Waals surface area contributed by atoms with Crippen molar-refractivity contribution in [3.8, 4) is 11.5 Å². The van der Waals surface area contributed by atoms with Crippen LogP contribution in [-0.4, -0.2) is 11.7 Å². The van der Waals surface area contributed by atoms with Crippen LogP contribution in [-0.2, 0) is 5.92 Å². The third kappa shape index (κ3) is 2.04. The lowest BCUT2D eigenvalue weighted by atomic mass is 10.0. The van der Waals surface area contributed by atoms with Crippen LogP contribution in [0.3, 0.4) is 0 Å². The number of benzene rings is 2. The van der Waals surface area contributed by atoms with E-state index in [2.05, 4.69) is 0 Å². The van der Waals surface area contributed by atoms with Crippen molar-refractivity contribution in [1.82, 2.24) is 0 Å². The highest BCUT2D eigenvalue weighted by atomic mass is 19.3. The number of carbonyl (C=O) groups excluding carboxylic acids is 1. The molecule has 0 N–H and O–H groups in total. The molecule has 0 radical (unpaired) electrons. The number of rotatable bonds is 2. The normalized spacial score (nSPS) is 22.2. The molecule has 0 bridgehead atoms. The van der Waals surface area contributed by atoms with E-state index in [9.17, 15) is 26.7 Å². The van der Waals surface area contributed by atoms with E-state index >= 15 is 0 Å². The van der Waals surface area contributed by atoms with Crippen LogP contribution < -0.4 is 4.74 Å². The second kappa shape index (κ2) is 4.80. The first kappa shape index (κ1) is 16.1. The Labute approximate surface area is 139 Å². The third-order valence-corrected chi connectivity index (χ3v) is 4.66. The van der Waals surface area contributed by atoms with Crippen molar-refractivity contribution in [2.45, 2.75) is 31.1 Å². The number of alkyl halides is 4. The topological polar surface area (TPSA) is 26.3 Å². The SMILES string of the molecule is Cc1cc(F)cc(Oc2ccc3c4c2C(=O)CC4C(F)(F)C3(F)F)c1. The Morgan fingerprint density at radius 1 is 1.12 bits per heavy atom. The van der Waals surface area contributed by atoms with Gasteiger partial charge in [0.05, 0.1) is 11.5 Å². The fourth-order valence-electron chi connectivity index (χ4n) is 3.59. The van der Waals surface area contributed by atoms with Crippen LogP contribution in [0.4, 0.5) is 22.0 Å². The fraction of sp³-hybridized carbons (Fsp3) is 0.278. The van der Waals surface area contributed by atoms with Gasteiger partial charge in [0.15, 0.2) is 5.78 Å². The van der Waals surface area contributed by atoms with Gasteiger partial charge in [0.1, 0.15) is 17.3 Å². The molecule has 130 valence electrons. The molecule has 0 aromatic heterocycles. The van der Waals surface area contributed by atoms with Gasteiger partial charge in [0.2, 0.25) is 0 Å². The highest BCUT2D eigenvalue weighted by Gasteiger charge is 2.71. The Morgan fingerprint density at radius 2 is 1.84 bits per heavy atom. The number of ether oxygens (including phenoxy) is 1. The van der Waals surface area contributed by atoms with E-state index in [-0.39, 0.29) is 22.6 Å². The van der Waals surface area contributed by atoms with Crippen molar-refractivity contribution in [1.29, 1.82) is 0 Å². The molecular weight excluding hydrogens is 343 g/mol. The molecule has 0 spiro atoms. The summed E-state index contributed by atoms with van der Waals surface area (Å²) >= 11 is 0. The Balaban J connectivity index is 1.86. The molecule has 2 nitrogen and oxygen atoms in total. The Kier molecular flexibility index (Phi) is 3.08. The molecule has 2 aromatic carbocycles. The molecule has 0 fully saturated rings. The summed E-state index contributed by atoms with van der Waals surface area (Å²) < 4.78 is 75.1. The van der Waals surface area contributed by atoms with E-state index in [1.165, 1.54) is 12.1 Å². The van der Waals surface area contributed by atoms with E-state index in [1.54, 1.807) is 6.92 Å². The van der Waals surface area contributed by atoms with Gasteiger partial charge < -0.3 is 4.74 Å². The Bertz CT molecular complexity index is 900. The summed E-state index contributed by atoms with van der Waals surface area (Å²) in [5.41, 5.74) is -0.909. The molecule has 7 heteroatoms. The molecule has 0 aliphatic heterocycles. The zero-order valence-electron chi connectivity index (χ0n) is 12.9. The Hall–Kier alpha value is -2.44. The number of hydrogen-bond donors (Lipinski definition) is 0. The van der Waals surface area contributed by atoms with Crippen molar-refractivity contribution >= 4 is 5.78 Å². The molecule has 25 heavy (non-hydrogen) atoms. The quantitative estimate of drug-likeness (QED) is 0.681. The van der Waals surface area contributed by atoms with Gasteiger partial charge in [-0.3, -0.25) is 4.79 Å². The van der Waals surface area contributed by atoms with E-state index in [0.717, 1.165) is 18.2 Å². The zero-order chi connectivity index (χ0) is 18.1. The van der Waals surface area contributed by atoms with Crippen LogP contribution in [0.2, 0.25) is 0 Å². The van der Waals surface area contributed by atoms with Crippen LogP contribution in [0.15, 0.2) is 30.3 Å². The lowest BCUT2D eigenvalue weighted by Gasteiger charge is -2.23. The lowest BCUT2D eigenvalue weighted by Crippen LogP contribution is -2.36. The summed E-state index contributed by atoms with van der Waals surface area (Å²) in [4.78, 5) is 12.2. The maximum Gasteiger partial charge on any atom is 0.336 e. The largest absolute Gasteiger partial charge is 0.456 e. The summed E-state index contributed by atoms with van der Waals surface area (Å²) in [5, 5.41) is 0. The summed E-state index contributed by atoms with van der Waals surface area (Å²) in [6.45, 7) is 1.62. The van der Waals surface area contributed by atoms with Gasteiger partial charge in [-0.25, -0.2) is 4.39 Å². The maximum atomic E-state index is 14.1. The number of ketones is 1. The van der Waals surface area contributed by atoms with Crippen LogP contribution in [0.5, 0.6) is 11.5 Å². The average Bonchev–Trinajstić information content (AvgIpc) is 2.90. The summed E-state index contributed by atoms with van der Waals surface area (Å²) in [6, 6.07) is 5.73. The minimum absolute atomic E-state index is 0.0569. The van der Waals surface area contributed by atoms with Crippen molar-refractivity contribution in [2.24, 2.45) is 0 Å². The molecule has 0 heterocycles. The molecular formula is C18H11F5O2. The highest BCUT2D eigenvalue weighted by molar-refractivity contribution is 6.05. The maximum absolute atomic E-state index is 14.1. The number of hydrogen-bond acceptors (Lipinski definition) is 2. The van der Waals surface area contributed by atoms with Crippen molar-refractivity contribution in [3.63, 3.8) is 0 Å². The van der Waals surface area contributed by atoms with Gasteiger partial charge in [-0.15, -0.1) is 0 Å². The Morgan fingerprint density at radius 3 is 2.52 bits per heavy atom. The third-order valence-electron chi connectivity index (χ3n) is 4.66. The van der Waals surface area contributed by atoms with Crippen LogP contribution in [0.1, 0.15) is 39.4 Å². The molecule has 1 atom stereocenters. The van der Waals surface area contributed by atoms with Crippen LogP contribution in [0.25, 0.3) is 0 Å². The minimum Gasteiger partial charge on any atom is -0.456 e. The molecule has 0 saturated carbocycles. The monoisotopic (exact) mass is 354 g/mol. The van der Waals surface area contributed by atoms with E-state index in [1.807, 2.05) is 0 Å². The number of carbonyl (C=O) groups is 1. The summed E-state index contributed by atoms with van der Waals surface area (Å²) in [7, 11) is 0. The van der Waals surface area contributed by atoms with Crippen molar-refractivity contribution < 1.29 is 31.5 Å². The first-order chi connectivity index (χ1) is 11.6. The van der Waals surface area contributed by atoms with Gasteiger partial charge in [-0.05, 0) is 42.3 Å². The summed E-state index contributed by atoms with van der Waals surface area (Å²) in [6.07, 6.45) is -0.701. The molecule has 4 rings (SSSR count). The molecule has 0 saturated heterocycles. The van der Waals surface area contributed by atoms with Crippen LogP contribution in [0, 0.1) is 12.7 Å². The first-order valence-corrected chi connectivity index (χ1v) is 7.54. The number of halogens is 5. The minimum atomic E-state index is -4.34. The van der Waals surface area contributed by atoms with E-state index in [0.29, 0.717) is 5.56 Å². The first-order valence-electron chi connectivity index (χ1n) is 7.54. The van der Waals surface area contributed by atoms with Gasteiger partial charge in [0, 0.05) is 18.1 Å². The van der Waals surface area contributed by atoms with Gasteiger partial charge >= 0.3 is 11.8 Å². The smallest absolute Gasteiger partial charge is 0.336 e. The summed E-state index contributed by atoms with van der Waals surface area (Å²) in [5.74, 6) is -11.8. The van der Waals surface area contributed by atoms with Crippen molar-refractivity contribution in [3.05, 3.63) is 58.4 Å². The van der Waals surface area contributed by atoms with Gasteiger partial charge in [0.25, 0.3) is 0 Å². The van der Waals surface area contributed by atoms with Gasteiger partial charge in [-0.2, -0.15) is 17.6 Å². The molecule has 2 aliphatic rings. The lowest BCUT2D eigenvalue weighted by molar-refractivity contribution is -0.214. The second-order valence-corrected chi connectivity index (χ2v) is 6.34. The molecule has 2 aliphatic carbocycles. The molecule has 2 aromatic rings. The second-order valence-electron chi connectivity index (χ2n) is 6.34. The van der Waals surface area contributed by atoms with E-state index < -0.39 is 41.3 Å². The highest BCUT2D eigenvalue weighted by Crippen LogP contribution is 2.63. The zero-order valence-corrected chi connectivity index (χ0v) is 12.9. The predicted molar refractivity (Wildman–Crippen MR) is 78.2 cm³/mol. The van der Waals surface area contributed by atoms with Gasteiger partial charge in [-0.1, -0.05) is 0 Å². The van der Waals surface area contributed by atoms with Crippen molar-refractivity contribution in [2.75, 3.05) is 0 Å². The standard InChI is InChI=1S/C18H11F5O2/c1-8-4-9(19)6-10(5-8)25-14-3-2-11-15-12(7-13(24)16(14)15)18(22,23)17(11,20)21/h2-6,12H,7H2,1H3. The molecule has 0 amide bonds. The predicted octanol–water partition coefficient (Wildman–Crippen LogP) is 5.34. The van der Waals surface area contributed by atoms with E-state index in [4.69, 9.17) is 4.74 Å². The number of aryl methyl sites for hydroxylation is 1. The number of Topliss-reactive ketones (excluding diaryl/α,β-unsaturated/α-hetero) is 1.